The molecular weight excluding hydrogens is 336 g/mol. The minimum atomic E-state index is -0.550. The van der Waals surface area contributed by atoms with Crippen LogP contribution in [0.1, 0.15) is 42.5 Å². The lowest BCUT2D eigenvalue weighted by Crippen LogP contribution is -2.29. The fourth-order valence-corrected chi connectivity index (χ4v) is 3.62. The molecule has 140 valence electrons. The van der Waals surface area contributed by atoms with Gasteiger partial charge in [0.2, 0.25) is 0 Å². The molecule has 0 radical (unpaired) electrons. The number of aromatic nitrogens is 1. The van der Waals surface area contributed by atoms with E-state index < -0.39 is 6.23 Å². The molecule has 2 aliphatic rings. The number of aliphatic hydroxyl groups excluding tert-OH is 1. The number of allylic oxidation sites excluding steroid dienone is 2. The van der Waals surface area contributed by atoms with E-state index in [0.29, 0.717) is 0 Å². The molecule has 0 spiro atoms. The second-order valence-electron chi connectivity index (χ2n) is 7.35. The van der Waals surface area contributed by atoms with Crippen LogP contribution in [-0.4, -0.2) is 23.2 Å². The third-order valence-electron chi connectivity index (χ3n) is 5.17. The zero-order chi connectivity index (χ0) is 18.8. The topological polar surface area (TPSA) is 69.2 Å². The largest absolute Gasteiger partial charge is 0.385 e. The lowest BCUT2D eigenvalue weighted by molar-refractivity contribution is 0.132. The van der Waals surface area contributed by atoms with E-state index in [4.69, 9.17) is 0 Å². The van der Waals surface area contributed by atoms with Gasteiger partial charge in [-0.3, -0.25) is 10.3 Å². The number of hydrogen-bond donors (Lipinski definition) is 4. The summed E-state index contributed by atoms with van der Waals surface area (Å²) in [5.41, 5.74) is 9.14. The number of aliphatic hydroxyl groups is 1. The van der Waals surface area contributed by atoms with Crippen molar-refractivity contribution in [2.75, 3.05) is 18.4 Å². The maximum atomic E-state index is 10.0. The number of pyridine rings is 1. The molecule has 0 fully saturated rings. The van der Waals surface area contributed by atoms with Gasteiger partial charge < -0.3 is 15.7 Å². The third kappa shape index (κ3) is 4.04. The molecule has 1 atom stereocenters. The SMILES string of the molecule is CC1=CC(Nc2ccnc(Cc3ccc4c(c3)CCNC4O)c2)=C(C)CN1. The third-order valence-corrected chi connectivity index (χ3v) is 5.17. The number of nitrogens with one attached hydrogen (secondary N) is 3. The standard InChI is InChI=1S/C22H26N4O/c1-14-13-25-15(2)9-21(14)26-18-6-8-23-19(12-18)11-16-3-4-20-17(10-16)5-7-24-22(20)27/h3-4,6,8-10,12,22,24-25,27H,5,7,11,13H2,1-2H3,(H,23,26). The lowest BCUT2D eigenvalue weighted by Gasteiger charge is -2.23. The van der Waals surface area contributed by atoms with E-state index >= 15 is 0 Å². The number of rotatable bonds is 4. The van der Waals surface area contributed by atoms with Crippen LogP contribution in [-0.2, 0) is 12.8 Å². The van der Waals surface area contributed by atoms with Crippen molar-refractivity contribution in [2.24, 2.45) is 0 Å². The molecule has 0 saturated heterocycles. The van der Waals surface area contributed by atoms with Gasteiger partial charge in [-0.25, -0.2) is 0 Å². The summed E-state index contributed by atoms with van der Waals surface area (Å²) in [4.78, 5) is 4.54. The predicted molar refractivity (Wildman–Crippen MR) is 108 cm³/mol. The number of anilines is 1. The van der Waals surface area contributed by atoms with E-state index in [2.05, 4.69) is 59.1 Å². The van der Waals surface area contributed by atoms with Crippen molar-refractivity contribution >= 4 is 5.69 Å². The smallest absolute Gasteiger partial charge is 0.131 e. The van der Waals surface area contributed by atoms with Crippen LogP contribution in [0.4, 0.5) is 5.69 Å². The summed E-state index contributed by atoms with van der Waals surface area (Å²) in [6.45, 7) is 5.90. The monoisotopic (exact) mass is 362 g/mol. The molecule has 0 saturated carbocycles. The predicted octanol–water partition coefficient (Wildman–Crippen LogP) is 3.00. The van der Waals surface area contributed by atoms with E-state index in [0.717, 1.165) is 48.6 Å². The highest BCUT2D eigenvalue weighted by Gasteiger charge is 2.17. The molecule has 0 bridgehead atoms. The van der Waals surface area contributed by atoms with Gasteiger partial charge >= 0.3 is 0 Å². The molecule has 0 aliphatic carbocycles. The zero-order valence-corrected chi connectivity index (χ0v) is 15.8. The van der Waals surface area contributed by atoms with E-state index in [1.54, 1.807) is 0 Å². The number of dihydropyridines is 1. The van der Waals surface area contributed by atoms with Crippen LogP contribution in [0.5, 0.6) is 0 Å². The Morgan fingerprint density at radius 3 is 3.00 bits per heavy atom. The highest BCUT2D eigenvalue weighted by Crippen LogP contribution is 2.24. The van der Waals surface area contributed by atoms with Gasteiger partial charge in [0.1, 0.15) is 6.23 Å². The quantitative estimate of drug-likeness (QED) is 0.673. The number of fused-ring (bicyclic) bond motifs is 1. The van der Waals surface area contributed by atoms with Crippen molar-refractivity contribution in [3.05, 3.63) is 82.0 Å². The molecular formula is C22H26N4O. The highest BCUT2D eigenvalue weighted by atomic mass is 16.3. The molecule has 4 N–H and O–H groups in total. The Morgan fingerprint density at radius 2 is 2.11 bits per heavy atom. The molecule has 2 aromatic rings. The molecule has 0 amide bonds. The molecule has 3 heterocycles. The first-order valence-electron chi connectivity index (χ1n) is 9.45. The molecule has 1 aromatic carbocycles. The summed E-state index contributed by atoms with van der Waals surface area (Å²) >= 11 is 0. The normalized spacial score (nSPS) is 19.2. The van der Waals surface area contributed by atoms with Crippen molar-refractivity contribution in [3.8, 4) is 0 Å². The van der Waals surface area contributed by atoms with Gasteiger partial charge in [-0.1, -0.05) is 18.2 Å². The van der Waals surface area contributed by atoms with E-state index in [-0.39, 0.29) is 0 Å². The molecule has 27 heavy (non-hydrogen) atoms. The van der Waals surface area contributed by atoms with Crippen LogP contribution in [0.3, 0.4) is 0 Å². The fraction of sp³-hybridized carbons (Fsp3) is 0.318. The first kappa shape index (κ1) is 17.8. The average molecular weight is 362 g/mol. The van der Waals surface area contributed by atoms with E-state index in [9.17, 15) is 5.11 Å². The molecule has 1 aromatic heterocycles. The lowest BCUT2D eigenvalue weighted by atomic mass is 9.95. The molecule has 1 unspecified atom stereocenters. The highest BCUT2D eigenvalue weighted by molar-refractivity contribution is 5.54. The Hall–Kier alpha value is -2.63. The Bertz CT molecular complexity index is 916. The summed E-state index contributed by atoms with van der Waals surface area (Å²) in [6, 6.07) is 10.4. The van der Waals surface area contributed by atoms with Gasteiger partial charge in [0.15, 0.2) is 0 Å². The Morgan fingerprint density at radius 1 is 1.22 bits per heavy atom. The Kier molecular flexibility index (Phi) is 4.97. The second kappa shape index (κ2) is 7.55. The Balaban J connectivity index is 1.52. The van der Waals surface area contributed by atoms with Crippen molar-refractivity contribution in [3.63, 3.8) is 0 Å². The molecule has 4 rings (SSSR count). The maximum Gasteiger partial charge on any atom is 0.131 e. The zero-order valence-electron chi connectivity index (χ0n) is 15.8. The van der Waals surface area contributed by atoms with Crippen LogP contribution in [0.25, 0.3) is 0 Å². The Labute approximate surface area is 160 Å². The van der Waals surface area contributed by atoms with Gasteiger partial charge in [0.25, 0.3) is 0 Å². The number of benzene rings is 1. The van der Waals surface area contributed by atoms with Crippen LogP contribution >= 0.6 is 0 Å². The van der Waals surface area contributed by atoms with Gasteiger partial charge in [0.05, 0.1) is 0 Å². The van der Waals surface area contributed by atoms with Crippen molar-refractivity contribution in [1.29, 1.82) is 0 Å². The van der Waals surface area contributed by atoms with Crippen LogP contribution in [0.15, 0.2) is 59.6 Å². The summed E-state index contributed by atoms with van der Waals surface area (Å²) in [5, 5.41) is 20.0. The van der Waals surface area contributed by atoms with Crippen LogP contribution in [0, 0.1) is 0 Å². The van der Waals surface area contributed by atoms with Gasteiger partial charge in [0, 0.05) is 48.5 Å². The first-order chi connectivity index (χ1) is 13.1. The minimum Gasteiger partial charge on any atom is -0.385 e. The second-order valence-corrected chi connectivity index (χ2v) is 7.35. The number of nitrogens with zero attached hydrogens (tertiary/aromatic N) is 1. The van der Waals surface area contributed by atoms with Crippen molar-refractivity contribution in [2.45, 2.75) is 32.9 Å². The molecule has 5 nitrogen and oxygen atoms in total. The first-order valence-corrected chi connectivity index (χ1v) is 9.45. The van der Waals surface area contributed by atoms with Gasteiger partial charge in [-0.2, -0.15) is 0 Å². The molecule has 5 heteroatoms. The van der Waals surface area contributed by atoms with Crippen molar-refractivity contribution < 1.29 is 5.11 Å². The van der Waals surface area contributed by atoms with Gasteiger partial charge in [-0.15, -0.1) is 0 Å². The van der Waals surface area contributed by atoms with E-state index in [1.165, 1.54) is 22.4 Å². The fourth-order valence-electron chi connectivity index (χ4n) is 3.62. The summed E-state index contributed by atoms with van der Waals surface area (Å²) in [6.07, 6.45) is 5.17. The van der Waals surface area contributed by atoms with Gasteiger partial charge in [-0.05, 0) is 60.7 Å². The van der Waals surface area contributed by atoms with Crippen LogP contribution in [0.2, 0.25) is 0 Å². The minimum absolute atomic E-state index is 0.550. The number of hydrogen-bond acceptors (Lipinski definition) is 5. The average Bonchev–Trinajstić information content (AvgIpc) is 2.65. The summed E-state index contributed by atoms with van der Waals surface area (Å²) < 4.78 is 0. The van der Waals surface area contributed by atoms with E-state index in [1.807, 2.05) is 18.3 Å². The van der Waals surface area contributed by atoms with Crippen LogP contribution < -0.4 is 16.0 Å². The molecule has 2 aliphatic heterocycles. The summed E-state index contributed by atoms with van der Waals surface area (Å²) in [5.74, 6) is 0. The summed E-state index contributed by atoms with van der Waals surface area (Å²) in [7, 11) is 0. The maximum absolute atomic E-state index is 10.0. The van der Waals surface area contributed by atoms with Crippen molar-refractivity contribution in [1.82, 2.24) is 15.6 Å².